The molecule has 17 heavy (non-hydrogen) atoms. The van der Waals surface area contributed by atoms with Gasteiger partial charge < -0.3 is 9.88 Å². The molecule has 88 valence electrons. The Bertz CT molecular complexity index is 511. The molecule has 0 saturated heterocycles. The zero-order chi connectivity index (χ0) is 12.3. The van der Waals surface area contributed by atoms with Gasteiger partial charge in [0, 0.05) is 18.9 Å². The van der Waals surface area contributed by atoms with E-state index in [0.717, 1.165) is 12.1 Å². The molecule has 0 bridgehead atoms. The van der Waals surface area contributed by atoms with Gasteiger partial charge in [-0.1, -0.05) is 19.1 Å². The Morgan fingerprint density at radius 2 is 1.94 bits per heavy atom. The maximum Gasteiger partial charge on any atom is 0.272 e. The zero-order valence-corrected chi connectivity index (χ0v) is 10.1. The maximum absolute atomic E-state index is 11.9. The normalized spacial score (nSPS) is 10.2. The highest BCUT2D eigenvalue weighted by molar-refractivity contribution is 6.03. The van der Waals surface area contributed by atoms with Crippen molar-refractivity contribution in [3.63, 3.8) is 0 Å². The number of carbonyl (C=O) groups is 1. The average Bonchev–Trinajstić information content (AvgIpc) is 2.76. The fourth-order valence-electron chi connectivity index (χ4n) is 1.72. The Balaban J connectivity index is 2.10. The van der Waals surface area contributed by atoms with Crippen LogP contribution in [0.3, 0.4) is 0 Å². The van der Waals surface area contributed by atoms with E-state index >= 15 is 0 Å². The van der Waals surface area contributed by atoms with Crippen LogP contribution in [-0.2, 0) is 13.5 Å². The van der Waals surface area contributed by atoms with Gasteiger partial charge in [0.2, 0.25) is 0 Å². The molecule has 0 atom stereocenters. The van der Waals surface area contributed by atoms with Gasteiger partial charge in [-0.2, -0.15) is 0 Å². The number of carbonyl (C=O) groups excluding carboxylic acids is 1. The third kappa shape index (κ3) is 2.56. The summed E-state index contributed by atoms with van der Waals surface area (Å²) in [6.45, 7) is 2.11. The quantitative estimate of drug-likeness (QED) is 0.861. The van der Waals surface area contributed by atoms with E-state index in [1.165, 1.54) is 5.56 Å². The highest BCUT2D eigenvalue weighted by Crippen LogP contribution is 2.11. The van der Waals surface area contributed by atoms with E-state index in [0.29, 0.717) is 5.69 Å². The van der Waals surface area contributed by atoms with Gasteiger partial charge in [0.1, 0.15) is 5.69 Å². The lowest BCUT2D eigenvalue weighted by Gasteiger charge is -2.06. The third-order valence-corrected chi connectivity index (χ3v) is 2.80. The van der Waals surface area contributed by atoms with Crippen molar-refractivity contribution in [2.45, 2.75) is 13.3 Å². The van der Waals surface area contributed by atoms with Gasteiger partial charge in [-0.15, -0.1) is 0 Å². The van der Waals surface area contributed by atoms with Crippen LogP contribution in [0.1, 0.15) is 23.0 Å². The molecule has 0 saturated carbocycles. The first-order valence-corrected chi connectivity index (χ1v) is 5.72. The highest BCUT2D eigenvalue weighted by Gasteiger charge is 2.08. The third-order valence-electron chi connectivity index (χ3n) is 2.80. The first kappa shape index (κ1) is 11.5. The molecule has 0 aliphatic heterocycles. The van der Waals surface area contributed by atoms with Gasteiger partial charge in [-0.3, -0.25) is 4.79 Å². The summed E-state index contributed by atoms with van der Waals surface area (Å²) in [5.74, 6) is -0.0817. The second-order valence-electron chi connectivity index (χ2n) is 4.01. The van der Waals surface area contributed by atoms with Gasteiger partial charge in [0.25, 0.3) is 5.91 Å². The summed E-state index contributed by atoms with van der Waals surface area (Å²) in [6.07, 6.45) is 2.86. The minimum Gasteiger partial charge on any atom is -0.347 e. The minimum atomic E-state index is -0.0817. The first-order valence-electron chi connectivity index (χ1n) is 5.72. The van der Waals surface area contributed by atoms with Crippen molar-refractivity contribution in [1.29, 1.82) is 0 Å². The number of hydrogen-bond donors (Lipinski definition) is 1. The molecule has 1 aromatic carbocycles. The number of anilines is 1. The van der Waals surface area contributed by atoms with Crippen molar-refractivity contribution >= 4 is 11.6 Å². The molecule has 1 N–H and O–H groups in total. The van der Waals surface area contributed by atoms with E-state index in [9.17, 15) is 4.79 Å². The van der Waals surface area contributed by atoms with Crippen LogP contribution in [0.5, 0.6) is 0 Å². The Hall–Kier alpha value is -2.03. The first-order chi connectivity index (χ1) is 8.20. The SMILES string of the molecule is CCc1ccc(NC(=O)c2cccn2C)cc1. The molecule has 3 nitrogen and oxygen atoms in total. The van der Waals surface area contributed by atoms with E-state index in [1.54, 1.807) is 10.6 Å². The molecule has 0 fully saturated rings. The average molecular weight is 228 g/mol. The molecule has 0 unspecified atom stereocenters. The van der Waals surface area contributed by atoms with E-state index in [2.05, 4.69) is 12.2 Å². The highest BCUT2D eigenvalue weighted by atomic mass is 16.1. The lowest BCUT2D eigenvalue weighted by Crippen LogP contribution is -2.15. The van der Waals surface area contributed by atoms with Gasteiger partial charge in [0.05, 0.1) is 0 Å². The van der Waals surface area contributed by atoms with Crippen LogP contribution < -0.4 is 5.32 Å². The van der Waals surface area contributed by atoms with E-state index in [1.807, 2.05) is 43.6 Å². The fraction of sp³-hybridized carbons (Fsp3) is 0.214. The number of aryl methyl sites for hydroxylation is 2. The van der Waals surface area contributed by atoms with E-state index in [4.69, 9.17) is 0 Å². The topological polar surface area (TPSA) is 34.0 Å². The van der Waals surface area contributed by atoms with Crippen LogP contribution in [0.2, 0.25) is 0 Å². The Kier molecular flexibility index (Phi) is 3.28. The summed E-state index contributed by atoms with van der Waals surface area (Å²) < 4.78 is 1.80. The summed E-state index contributed by atoms with van der Waals surface area (Å²) in [5, 5.41) is 2.88. The summed E-state index contributed by atoms with van der Waals surface area (Å²) >= 11 is 0. The van der Waals surface area contributed by atoms with Crippen molar-refractivity contribution in [3.05, 3.63) is 53.9 Å². The molecule has 1 amide bonds. The smallest absolute Gasteiger partial charge is 0.272 e. The Morgan fingerprint density at radius 3 is 2.47 bits per heavy atom. The predicted molar refractivity (Wildman–Crippen MR) is 69.2 cm³/mol. The van der Waals surface area contributed by atoms with Crippen molar-refractivity contribution in [2.75, 3.05) is 5.32 Å². The number of amides is 1. The molecule has 0 spiro atoms. The molecule has 1 heterocycles. The number of hydrogen-bond acceptors (Lipinski definition) is 1. The molecule has 0 radical (unpaired) electrons. The lowest BCUT2D eigenvalue weighted by atomic mass is 10.1. The van der Waals surface area contributed by atoms with Gasteiger partial charge in [-0.05, 0) is 36.2 Å². The maximum atomic E-state index is 11.9. The molecular formula is C14H16N2O. The number of benzene rings is 1. The predicted octanol–water partition coefficient (Wildman–Crippen LogP) is 2.84. The van der Waals surface area contributed by atoms with Crippen LogP contribution in [0.15, 0.2) is 42.6 Å². The number of aromatic nitrogens is 1. The van der Waals surface area contributed by atoms with Gasteiger partial charge in [-0.25, -0.2) is 0 Å². The number of rotatable bonds is 3. The largest absolute Gasteiger partial charge is 0.347 e. The standard InChI is InChI=1S/C14H16N2O/c1-3-11-6-8-12(9-7-11)15-14(17)13-5-4-10-16(13)2/h4-10H,3H2,1-2H3,(H,15,17). The van der Waals surface area contributed by atoms with E-state index < -0.39 is 0 Å². The number of nitrogens with zero attached hydrogens (tertiary/aromatic N) is 1. The molecule has 3 heteroatoms. The Labute approximate surface area is 101 Å². The zero-order valence-electron chi connectivity index (χ0n) is 10.1. The van der Waals surface area contributed by atoms with Crippen molar-refractivity contribution < 1.29 is 4.79 Å². The molecule has 2 aromatic rings. The second-order valence-corrected chi connectivity index (χ2v) is 4.01. The molecule has 1 aromatic heterocycles. The fourth-order valence-corrected chi connectivity index (χ4v) is 1.72. The molecule has 0 aliphatic rings. The lowest BCUT2D eigenvalue weighted by molar-refractivity contribution is 0.101. The second kappa shape index (κ2) is 4.87. The summed E-state index contributed by atoms with van der Waals surface area (Å²) in [4.78, 5) is 11.9. The van der Waals surface area contributed by atoms with Crippen LogP contribution in [-0.4, -0.2) is 10.5 Å². The minimum absolute atomic E-state index is 0.0817. The monoisotopic (exact) mass is 228 g/mol. The summed E-state index contributed by atoms with van der Waals surface area (Å²) in [7, 11) is 1.86. The summed E-state index contributed by atoms with van der Waals surface area (Å²) in [6, 6.07) is 11.6. The Morgan fingerprint density at radius 1 is 1.24 bits per heavy atom. The van der Waals surface area contributed by atoms with E-state index in [-0.39, 0.29) is 5.91 Å². The van der Waals surface area contributed by atoms with Gasteiger partial charge in [0.15, 0.2) is 0 Å². The van der Waals surface area contributed by atoms with Crippen LogP contribution in [0.25, 0.3) is 0 Å². The van der Waals surface area contributed by atoms with Crippen LogP contribution in [0.4, 0.5) is 5.69 Å². The van der Waals surface area contributed by atoms with Crippen molar-refractivity contribution in [1.82, 2.24) is 4.57 Å². The van der Waals surface area contributed by atoms with Gasteiger partial charge >= 0.3 is 0 Å². The van der Waals surface area contributed by atoms with Crippen LogP contribution in [0, 0.1) is 0 Å². The summed E-state index contributed by atoms with van der Waals surface area (Å²) in [5.41, 5.74) is 2.75. The molecule has 2 rings (SSSR count). The molecular weight excluding hydrogens is 212 g/mol. The van der Waals surface area contributed by atoms with Crippen molar-refractivity contribution in [2.24, 2.45) is 7.05 Å². The van der Waals surface area contributed by atoms with Crippen molar-refractivity contribution in [3.8, 4) is 0 Å². The molecule has 0 aliphatic carbocycles. The van der Waals surface area contributed by atoms with Crippen LogP contribution >= 0.6 is 0 Å². The number of nitrogens with one attached hydrogen (secondary N) is 1.